The van der Waals surface area contributed by atoms with Crippen LogP contribution in [0.1, 0.15) is 24.5 Å². The van der Waals surface area contributed by atoms with Crippen molar-refractivity contribution in [3.05, 3.63) is 91.6 Å². The number of halogens is 1. The zero-order valence-electron chi connectivity index (χ0n) is 18.7. The number of nitrogens with one attached hydrogen (secondary N) is 1. The summed E-state index contributed by atoms with van der Waals surface area (Å²) in [5, 5.41) is 5.01. The molecule has 1 N–H and O–H groups in total. The topological polar surface area (TPSA) is 86.2 Å². The summed E-state index contributed by atoms with van der Waals surface area (Å²) in [6.07, 6.45) is 1.66. The fourth-order valence-electron chi connectivity index (χ4n) is 3.63. The van der Waals surface area contributed by atoms with E-state index in [0.717, 1.165) is 24.1 Å². The van der Waals surface area contributed by atoms with E-state index in [9.17, 15) is 9.59 Å². The molecule has 0 unspecified atom stereocenters. The predicted octanol–water partition coefficient (Wildman–Crippen LogP) is 3.56. The Morgan fingerprint density at radius 1 is 1.00 bits per heavy atom. The summed E-state index contributed by atoms with van der Waals surface area (Å²) in [6.45, 7) is 2.08. The van der Waals surface area contributed by atoms with Crippen LogP contribution in [-0.2, 0) is 27.1 Å². The summed E-state index contributed by atoms with van der Waals surface area (Å²) in [4.78, 5) is 30.5. The van der Waals surface area contributed by atoms with Crippen molar-refractivity contribution in [3.63, 3.8) is 0 Å². The minimum atomic E-state index is -0.436. The van der Waals surface area contributed by atoms with E-state index >= 15 is 0 Å². The van der Waals surface area contributed by atoms with Crippen LogP contribution in [0.15, 0.2) is 69.3 Å². The molecule has 8 nitrogen and oxygen atoms in total. The van der Waals surface area contributed by atoms with Gasteiger partial charge in [-0.2, -0.15) is 10.1 Å². The maximum atomic E-state index is 13.2. The Bertz CT molecular complexity index is 1430. The van der Waals surface area contributed by atoms with E-state index in [2.05, 4.69) is 27.6 Å². The molecule has 2 heterocycles. The Morgan fingerprint density at radius 2 is 1.70 bits per heavy atom. The number of anilines is 1. The lowest BCUT2D eigenvalue weighted by molar-refractivity contribution is 0.655. The first kappa shape index (κ1) is 22.5. The summed E-state index contributed by atoms with van der Waals surface area (Å²) >= 11 is 5.94. The summed E-state index contributed by atoms with van der Waals surface area (Å²) in [6, 6.07) is 17.2. The fourth-order valence-corrected chi connectivity index (χ4v) is 3.75. The number of rotatable bonds is 7. The second kappa shape index (κ2) is 9.46. The zero-order valence-corrected chi connectivity index (χ0v) is 19.5. The number of hydrazone groups is 1. The van der Waals surface area contributed by atoms with E-state index in [0.29, 0.717) is 22.1 Å². The third-order valence-electron chi connectivity index (χ3n) is 5.58. The number of aromatic nitrogens is 4. The fraction of sp³-hybridized carbons (Fsp3) is 0.250. The molecule has 0 amide bonds. The van der Waals surface area contributed by atoms with Gasteiger partial charge in [-0.25, -0.2) is 10.2 Å². The van der Waals surface area contributed by atoms with E-state index < -0.39 is 11.2 Å². The molecular weight excluding hydrogens is 440 g/mol. The SMILES string of the molecule is CC(CCc1ccccc1)=NNc1nc2c(c(=O)n(Cc3ccc(Cl)cc3)c(=O)n2C)n1C. The minimum absolute atomic E-state index is 0.142. The monoisotopic (exact) mass is 464 g/mol. The molecule has 33 heavy (non-hydrogen) atoms. The first-order valence-corrected chi connectivity index (χ1v) is 11.0. The van der Waals surface area contributed by atoms with Gasteiger partial charge < -0.3 is 4.57 Å². The number of hydrogen-bond donors (Lipinski definition) is 1. The van der Waals surface area contributed by atoms with Crippen molar-refractivity contribution in [2.75, 3.05) is 5.43 Å². The van der Waals surface area contributed by atoms with Gasteiger partial charge in [0.1, 0.15) is 0 Å². The van der Waals surface area contributed by atoms with Gasteiger partial charge in [-0.05, 0) is 43.0 Å². The average molecular weight is 465 g/mol. The molecule has 2 aromatic carbocycles. The number of imidazole rings is 1. The van der Waals surface area contributed by atoms with Gasteiger partial charge in [-0.15, -0.1) is 0 Å². The number of hydrogen-bond acceptors (Lipinski definition) is 5. The first-order chi connectivity index (χ1) is 15.8. The van der Waals surface area contributed by atoms with Crippen molar-refractivity contribution >= 4 is 34.4 Å². The number of aryl methyl sites for hydroxylation is 3. The summed E-state index contributed by atoms with van der Waals surface area (Å²) < 4.78 is 4.21. The zero-order chi connectivity index (χ0) is 23.5. The Morgan fingerprint density at radius 3 is 2.39 bits per heavy atom. The summed E-state index contributed by atoms with van der Waals surface area (Å²) in [5.41, 5.74) is 5.68. The first-order valence-electron chi connectivity index (χ1n) is 10.6. The van der Waals surface area contributed by atoms with Gasteiger partial charge >= 0.3 is 5.69 Å². The Labute approximate surface area is 195 Å². The van der Waals surface area contributed by atoms with Crippen LogP contribution in [-0.4, -0.2) is 24.4 Å². The maximum Gasteiger partial charge on any atom is 0.332 e. The highest BCUT2D eigenvalue weighted by atomic mass is 35.5. The molecule has 4 rings (SSSR count). The van der Waals surface area contributed by atoms with Crippen LogP contribution in [0.5, 0.6) is 0 Å². The van der Waals surface area contributed by atoms with Crippen LogP contribution in [0.4, 0.5) is 5.95 Å². The Kier molecular flexibility index (Phi) is 6.46. The lowest BCUT2D eigenvalue weighted by Gasteiger charge is -2.09. The second-order valence-electron chi connectivity index (χ2n) is 7.97. The molecular formula is C24H25ClN6O2. The van der Waals surface area contributed by atoms with Gasteiger partial charge in [0.15, 0.2) is 11.2 Å². The van der Waals surface area contributed by atoms with Crippen LogP contribution in [0.3, 0.4) is 0 Å². The van der Waals surface area contributed by atoms with Crippen LogP contribution in [0.25, 0.3) is 11.2 Å². The Balaban J connectivity index is 1.62. The van der Waals surface area contributed by atoms with Crippen molar-refractivity contribution in [3.8, 4) is 0 Å². The molecule has 170 valence electrons. The number of fused-ring (bicyclic) bond motifs is 1. The molecule has 0 radical (unpaired) electrons. The third-order valence-corrected chi connectivity index (χ3v) is 5.83. The number of benzene rings is 2. The highest BCUT2D eigenvalue weighted by molar-refractivity contribution is 6.30. The molecule has 9 heteroatoms. The molecule has 0 saturated heterocycles. The molecule has 0 saturated carbocycles. The maximum absolute atomic E-state index is 13.2. The van der Waals surface area contributed by atoms with Gasteiger partial charge in [-0.3, -0.25) is 13.9 Å². The predicted molar refractivity (Wildman–Crippen MR) is 132 cm³/mol. The molecule has 0 bridgehead atoms. The molecule has 0 aliphatic rings. The van der Waals surface area contributed by atoms with Crippen molar-refractivity contribution in [2.24, 2.45) is 19.2 Å². The Hall–Kier alpha value is -3.65. The average Bonchev–Trinajstić information content (AvgIpc) is 3.16. The van der Waals surface area contributed by atoms with E-state index in [1.54, 1.807) is 42.9 Å². The van der Waals surface area contributed by atoms with E-state index in [1.807, 2.05) is 25.1 Å². The van der Waals surface area contributed by atoms with Crippen molar-refractivity contribution in [1.82, 2.24) is 18.7 Å². The highest BCUT2D eigenvalue weighted by Gasteiger charge is 2.18. The summed E-state index contributed by atoms with van der Waals surface area (Å²) in [5.74, 6) is 0.389. The smallest absolute Gasteiger partial charge is 0.306 e. The van der Waals surface area contributed by atoms with E-state index in [1.165, 1.54) is 14.7 Å². The second-order valence-corrected chi connectivity index (χ2v) is 8.41. The van der Waals surface area contributed by atoms with Crippen molar-refractivity contribution in [2.45, 2.75) is 26.3 Å². The van der Waals surface area contributed by atoms with Gasteiger partial charge in [0.05, 0.1) is 6.54 Å². The van der Waals surface area contributed by atoms with Gasteiger partial charge in [0.25, 0.3) is 5.56 Å². The molecule has 4 aromatic rings. The quantitative estimate of drug-likeness (QED) is 0.334. The third kappa shape index (κ3) is 4.75. The van der Waals surface area contributed by atoms with Crippen LogP contribution < -0.4 is 16.7 Å². The lowest BCUT2D eigenvalue weighted by Crippen LogP contribution is -2.39. The standard InChI is InChI=1S/C24H25ClN6O2/c1-16(9-10-17-7-5-4-6-8-17)27-28-23-26-21-20(29(23)2)22(32)31(24(33)30(21)3)15-18-11-13-19(25)14-12-18/h4-8,11-14H,9-10,15H2,1-3H3,(H,26,28). The molecule has 0 aliphatic carbocycles. The van der Waals surface area contributed by atoms with Crippen molar-refractivity contribution in [1.29, 1.82) is 0 Å². The van der Waals surface area contributed by atoms with Gasteiger partial charge in [0, 0.05) is 24.8 Å². The van der Waals surface area contributed by atoms with Crippen LogP contribution in [0, 0.1) is 0 Å². The van der Waals surface area contributed by atoms with Crippen LogP contribution in [0.2, 0.25) is 5.02 Å². The van der Waals surface area contributed by atoms with E-state index in [-0.39, 0.29) is 6.54 Å². The number of nitrogens with zero attached hydrogens (tertiary/aromatic N) is 5. The molecule has 0 atom stereocenters. The van der Waals surface area contributed by atoms with Gasteiger partial charge in [0.2, 0.25) is 5.95 Å². The molecule has 0 aliphatic heterocycles. The lowest BCUT2D eigenvalue weighted by atomic mass is 10.1. The van der Waals surface area contributed by atoms with Gasteiger partial charge in [-0.1, -0.05) is 54.1 Å². The largest absolute Gasteiger partial charge is 0.332 e. The minimum Gasteiger partial charge on any atom is -0.306 e. The highest BCUT2D eigenvalue weighted by Crippen LogP contribution is 2.15. The van der Waals surface area contributed by atoms with Crippen LogP contribution >= 0.6 is 11.6 Å². The molecule has 0 fully saturated rings. The molecule has 0 spiro atoms. The summed E-state index contributed by atoms with van der Waals surface area (Å²) in [7, 11) is 3.33. The van der Waals surface area contributed by atoms with E-state index in [4.69, 9.17) is 11.6 Å². The molecule has 2 aromatic heterocycles. The normalized spacial score (nSPS) is 11.8. The van der Waals surface area contributed by atoms with Crippen molar-refractivity contribution < 1.29 is 0 Å².